The maximum Gasteiger partial charge on any atom is 0.293 e. The lowest BCUT2D eigenvalue weighted by molar-refractivity contribution is -0.122. The third-order valence-electron chi connectivity index (χ3n) is 3.86. The van der Waals surface area contributed by atoms with Crippen LogP contribution in [0.5, 0.6) is 0 Å². The molecule has 1 heterocycles. The van der Waals surface area contributed by atoms with Gasteiger partial charge in [0, 0.05) is 23.1 Å². The Bertz CT molecular complexity index is 997. The molecule has 0 unspecified atom stereocenters. The van der Waals surface area contributed by atoms with Gasteiger partial charge in [-0.3, -0.25) is 19.3 Å². The number of carbonyl (C=O) groups excluding carboxylic acids is 3. The molecular weight excluding hydrogens is 426 g/mol. The summed E-state index contributed by atoms with van der Waals surface area (Å²) in [5.74, 6) is -1.75. The van der Waals surface area contributed by atoms with Gasteiger partial charge in [0.15, 0.2) is 0 Å². The molecule has 2 aromatic carbocycles. The van der Waals surface area contributed by atoms with Crippen LogP contribution in [0.3, 0.4) is 0 Å². The fourth-order valence-corrected chi connectivity index (χ4v) is 3.79. The van der Waals surface area contributed by atoms with Crippen LogP contribution in [-0.4, -0.2) is 35.0 Å². The Morgan fingerprint density at radius 3 is 2.64 bits per heavy atom. The van der Waals surface area contributed by atoms with Crippen molar-refractivity contribution in [1.29, 1.82) is 0 Å². The van der Waals surface area contributed by atoms with Crippen LogP contribution in [0.4, 0.5) is 9.18 Å². The van der Waals surface area contributed by atoms with Crippen molar-refractivity contribution in [3.63, 3.8) is 0 Å². The van der Waals surface area contributed by atoms with Gasteiger partial charge in [-0.05, 0) is 47.7 Å². The zero-order valence-electron chi connectivity index (χ0n) is 14.2. The number of amides is 3. The minimum absolute atomic E-state index is 0.000187. The zero-order chi connectivity index (χ0) is 20.3. The molecule has 0 spiro atoms. The number of carbonyl (C=O) groups is 3. The first-order chi connectivity index (χ1) is 13.4. The monoisotopic (exact) mass is 438 g/mol. The number of thioether (sulfide) groups is 1. The standard InChI is InChI=1S/C19H13Cl2FN2O3S/c20-12-6-5-11(14(21)10-12)9-16-18(26)24(19(27)28-16)8-7-23-17(25)13-3-1-2-4-15(13)22/h1-6,9-10H,7-8H2,(H,23,25). The second kappa shape index (κ2) is 8.77. The van der Waals surface area contributed by atoms with E-state index in [1.54, 1.807) is 18.2 Å². The van der Waals surface area contributed by atoms with Crippen molar-refractivity contribution in [1.82, 2.24) is 10.2 Å². The Morgan fingerprint density at radius 2 is 1.93 bits per heavy atom. The van der Waals surface area contributed by atoms with Crippen molar-refractivity contribution >= 4 is 58.1 Å². The Hall–Kier alpha value is -2.35. The van der Waals surface area contributed by atoms with Crippen molar-refractivity contribution in [2.75, 3.05) is 13.1 Å². The molecule has 28 heavy (non-hydrogen) atoms. The predicted octanol–water partition coefficient (Wildman–Crippen LogP) is 4.60. The van der Waals surface area contributed by atoms with Crippen molar-refractivity contribution in [2.24, 2.45) is 0 Å². The Balaban J connectivity index is 1.63. The lowest BCUT2D eigenvalue weighted by Gasteiger charge is -2.13. The topological polar surface area (TPSA) is 66.5 Å². The first-order valence-electron chi connectivity index (χ1n) is 8.10. The van der Waals surface area contributed by atoms with Gasteiger partial charge in [-0.1, -0.05) is 41.4 Å². The van der Waals surface area contributed by atoms with Gasteiger partial charge in [0.05, 0.1) is 10.5 Å². The Labute approximate surface area is 174 Å². The number of rotatable bonds is 5. The lowest BCUT2D eigenvalue weighted by Crippen LogP contribution is -2.37. The highest BCUT2D eigenvalue weighted by Crippen LogP contribution is 2.33. The highest BCUT2D eigenvalue weighted by Gasteiger charge is 2.34. The number of nitrogens with zero attached hydrogens (tertiary/aromatic N) is 1. The number of benzene rings is 2. The SMILES string of the molecule is O=C(NCCN1C(=O)SC(=Cc2ccc(Cl)cc2Cl)C1=O)c1ccccc1F. The Kier molecular flexibility index (Phi) is 6.39. The second-order valence-electron chi connectivity index (χ2n) is 5.73. The Morgan fingerprint density at radius 1 is 1.18 bits per heavy atom. The molecule has 9 heteroatoms. The molecule has 2 aromatic rings. The molecule has 3 rings (SSSR count). The van der Waals surface area contributed by atoms with E-state index in [4.69, 9.17) is 23.2 Å². The highest BCUT2D eigenvalue weighted by molar-refractivity contribution is 8.18. The van der Waals surface area contributed by atoms with Gasteiger partial charge in [0.1, 0.15) is 5.82 Å². The maximum absolute atomic E-state index is 13.6. The van der Waals surface area contributed by atoms with Crippen molar-refractivity contribution in [3.8, 4) is 0 Å². The summed E-state index contributed by atoms with van der Waals surface area (Å²) in [4.78, 5) is 37.8. The molecule has 0 bridgehead atoms. The molecule has 0 aliphatic carbocycles. The van der Waals surface area contributed by atoms with Crippen LogP contribution in [0.25, 0.3) is 6.08 Å². The number of nitrogens with one attached hydrogen (secondary N) is 1. The first kappa shape index (κ1) is 20.4. The fourth-order valence-electron chi connectivity index (χ4n) is 2.47. The normalized spacial score (nSPS) is 15.4. The number of halogens is 3. The number of hydrogen-bond donors (Lipinski definition) is 1. The van der Waals surface area contributed by atoms with Gasteiger partial charge < -0.3 is 5.32 Å². The molecule has 1 aliphatic rings. The zero-order valence-corrected chi connectivity index (χ0v) is 16.6. The van der Waals surface area contributed by atoms with Crippen molar-refractivity contribution in [2.45, 2.75) is 0 Å². The summed E-state index contributed by atoms with van der Waals surface area (Å²) in [5, 5.41) is 2.86. The summed E-state index contributed by atoms with van der Waals surface area (Å²) >= 11 is 12.7. The van der Waals surface area contributed by atoms with Crippen molar-refractivity contribution < 1.29 is 18.8 Å². The average Bonchev–Trinajstić information content (AvgIpc) is 2.91. The molecule has 0 saturated carbocycles. The quantitative estimate of drug-likeness (QED) is 0.692. The van der Waals surface area contributed by atoms with E-state index in [9.17, 15) is 18.8 Å². The van der Waals surface area contributed by atoms with E-state index in [2.05, 4.69) is 5.32 Å². The van der Waals surface area contributed by atoms with E-state index < -0.39 is 22.9 Å². The largest absolute Gasteiger partial charge is 0.350 e. The maximum atomic E-state index is 13.6. The molecule has 0 radical (unpaired) electrons. The van der Waals surface area contributed by atoms with Gasteiger partial charge in [-0.2, -0.15) is 0 Å². The molecule has 0 aromatic heterocycles. The van der Waals surface area contributed by atoms with Gasteiger partial charge >= 0.3 is 0 Å². The summed E-state index contributed by atoms with van der Waals surface area (Å²) in [5.41, 5.74) is 0.457. The summed E-state index contributed by atoms with van der Waals surface area (Å²) in [6.07, 6.45) is 1.52. The molecule has 0 atom stereocenters. The van der Waals surface area contributed by atoms with Gasteiger partial charge in [-0.15, -0.1) is 0 Å². The molecule has 1 aliphatic heterocycles. The third-order valence-corrected chi connectivity index (χ3v) is 5.33. The lowest BCUT2D eigenvalue weighted by atomic mass is 10.2. The van der Waals surface area contributed by atoms with Crippen LogP contribution in [0, 0.1) is 5.82 Å². The van der Waals surface area contributed by atoms with E-state index in [1.807, 2.05) is 0 Å². The number of hydrogen-bond acceptors (Lipinski definition) is 4. The smallest absolute Gasteiger partial charge is 0.293 e. The molecule has 1 N–H and O–H groups in total. The second-order valence-corrected chi connectivity index (χ2v) is 7.57. The van der Waals surface area contributed by atoms with Crippen LogP contribution < -0.4 is 5.32 Å². The van der Waals surface area contributed by atoms with Gasteiger partial charge in [-0.25, -0.2) is 4.39 Å². The fraction of sp³-hybridized carbons (Fsp3) is 0.105. The van der Waals surface area contributed by atoms with Crippen LogP contribution in [0.2, 0.25) is 10.0 Å². The summed E-state index contributed by atoms with van der Waals surface area (Å²) in [6, 6.07) is 10.4. The van der Waals surface area contributed by atoms with Gasteiger partial charge in [0.25, 0.3) is 17.1 Å². The van der Waals surface area contributed by atoms with Crippen LogP contribution >= 0.6 is 35.0 Å². The molecule has 1 saturated heterocycles. The number of imide groups is 1. The summed E-state index contributed by atoms with van der Waals surface area (Å²) in [7, 11) is 0. The molecular formula is C19H13Cl2FN2O3S. The molecule has 5 nitrogen and oxygen atoms in total. The average molecular weight is 439 g/mol. The summed E-state index contributed by atoms with van der Waals surface area (Å²) in [6.45, 7) is -0.0310. The van der Waals surface area contributed by atoms with Crippen LogP contribution in [0.1, 0.15) is 15.9 Å². The predicted molar refractivity (Wildman–Crippen MR) is 108 cm³/mol. The minimum atomic E-state index is -0.644. The third kappa shape index (κ3) is 4.55. The molecule has 1 fully saturated rings. The van der Waals surface area contributed by atoms with E-state index in [0.29, 0.717) is 15.6 Å². The van der Waals surface area contributed by atoms with Crippen molar-refractivity contribution in [3.05, 3.63) is 74.4 Å². The van der Waals surface area contributed by atoms with Gasteiger partial charge in [0.2, 0.25) is 0 Å². The van der Waals surface area contributed by atoms with E-state index in [-0.39, 0.29) is 23.6 Å². The molecule has 3 amide bonds. The van der Waals surface area contributed by atoms with E-state index in [1.165, 1.54) is 30.3 Å². The van der Waals surface area contributed by atoms with E-state index >= 15 is 0 Å². The van der Waals surface area contributed by atoms with E-state index in [0.717, 1.165) is 16.7 Å². The van der Waals surface area contributed by atoms with Crippen LogP contribution in [0.15, 0.2) is 47.4 Å². The first-order valence-corrected chi connectivity index (χ1v) is 9.67. The van der Waals surface area contributed by atoms with Crippen LogP contribution in [-0.2, 0) is 4.79 Å². The summed E-state index contributed by atoms with van der Waals surface area (Å²) < 4.78 is 13.6. The molecule has 144 valence electrons. The minimum Gasteiger partial charge on any atom is -0.350 e. The highest BCUT2D eigenvalue weighted by atomic mass is 35.5.